The Kier molecular flexibility index (Phi) is 9.96. The molecule has 0 aromatic heterocycles. The zero-order valence-electron chi connectivity index (χ0n) is 23.4. The molecule has 2 aliphatic rings. The Morgan fingerprint density at radius 1 is 0.444 bits per heavy atom. The van der Waals surface area contributed by atoms with Crippen molar-refractivity contribution < 1.29 is 9.47 Å². The van der Waals surface area contributed by atoms with E-state index >= 15 is 0 Å². The number of hydrogen-bond acceptors (Lipinski definition) is 2. The van der Waals surface area contributed by atoms with E-state index in [4.69, 9.17) is 9.47 Å². The Labute approximate surface area is 220 Å². The maximum Gasteiger partial charge on any atom is 0.135 e. The van der Waals surface area contributed by atoms with E-state index < -0.39 is 0 Å². The Morgan fingerprint density at radius 3 is 1.17 bits per heavy atom. The average Bonchev–Trinajstić information content (AvgIpc) is 2.89. The number of unbranched alkanes of at least 4 members (excludes halogenated alkanes) is 8. The second kappa shape index (κ2) is 13.4. The van der Waals surface area contributed by atoms with Gasteiger partial charge in [0.05, 0.1) is 0 Å². The molecule has 4 rings (SSSR count). The van der Waals surface area contributed by atoms with Gasteiger partial charge in [0.15, 0.2) is 0 Å². The summed E-state index contributed by atoms with van der Waals surface area (Å²) in [5, 5.41) is 2.58. The largest absolute Gasteiger partial charge is 0.461 e. The third-order valence-electron chi connectivity index (χ3n) is 7.95. The van der Waals surface area contributed by atoms with Crippen LogP contribution in [0, 0.1) is 0 Å². The zero-order chi connectivity index (χ0) is 25.3. The van der Waals surface area contributed by atoms with E-state index in [-0.39, 0.29) is 0 Å². The highest BCUT2D eigenvalue weighted by Gasteiger charge is 2.29. The molecule has 0 aliphatic carbocycles. The summed E-state index contributed by atoms with van der Waals surface area (Å²) in [5.74, 6) is 4.49. The maximum absolute atomic E-state index is 6.72. The van der Waals surface area contributed by atoms with Crippen LogP contribution in [-0.4, -0.2) is 0 Å². The minimum Gasteiger partial charge on any atom is -0.461 e. The average molecular weight is 489 g/mol. The molecule has 0 bridgehead atoms. The van der Waals surface area contributed by atoms with E-state index in [1.807, 2.05) is 0 Å². The first-order valence-electron chi connectivity index (χ1n) is 15.1. The lowest BCUT2D eigenvalue weighted by Crippen LogP contribution is -2.12. The smallest absolute Gasteiger partial charge is 0.135 e. The molecule has 0 amide bonds. The predicted molar refractivity (Wildman–Crippen MR) is 156 cm³/mol. The molecule has 2 nitrogen and oxygen atoms in total. The van der Waals surface area contributed by atoms with Gasteiger partial charge < -0.3 is 9.47 Å². The summed E-state index contributed by atoms with van der Waals surface area (Å²) in [6.07, 6.45) is 19.2. The standard InChI is InChI=1S/C34H48O2/c1-5-9-13-17-25-27-21-23-32-34-28(22-24-31(33(27)34)35-29(25)19-15-11-7-3)26(18-14-10-6-2)30(36-32)20-16-12-8-4/h21-24H,5-20H2,1-4H3. The van der Waals surface area contributed by atoms with Gasteiger partial charge in [-0.05, 0) is 72.9 Å². The van der Waals surface area contributed by atoms with Crippen molar-refractivity contribution >= 4 is 21.9 Å². The fourth-order valence-electron chi connectivity index (χ4n) is 5.92. The molecule has 0 saturated carbocycles. The SMILES string of the molecule is CCCCCC1=C(CCCCC)c2ccc3c4c(ccc(c24)O1)C(CCCCC)=C(CCCCC)O3. The van der Waals surface area contributed by atoms with Crippen molar-refractivity contribution in [3.8, 4) is 11.5 Å². The summed E-state index contributed by atoms with van der Waals surface area (Å²) in [4.78, 5) is 0. The highest BCUT2D eigenvalue weighted by atomic mass is 16.5. The summed E-state index contributed by atoms with van der Waals surface area (Å²) in [5.41, 5.74) is 5.68. The van der Waals surface area contributed by atoms with Crippen molar-refractivity contribution in [2.45, 2.75) is 130 Å². The van der Waals surface area contributed by atoms with Gasteiger partial charge in [0.2, 0.25) is 0 Å². The first kappa shape index (κ1) is 26.8. The van der Waals surface area contributed by atoms with E-state index in [1.54, 1.807) is 0 Å². The van der Waals surface area contributed by atoms with E-state index in [9.17, 15) is 0 Å². The van der Waals surface area contributed by atoms with Crippen LogP contribution in [0.25, 0.3) is 21.9 Å². The minimum atomic E-state index is 1.03. The highest BCUT2D eigenvalue weighted by Crippen LogP contribution is 2.51. The topological polar surface area (TPSA) is 18.5 Å². The van der Waals surface area contributed by atoms with Crippen LogP contribution in [0.2, 0.25) is 0 Å². The molecule has 0 saturated heterocycles. The molecule has 2 heteroatoms. The molecule has 0 fully saturated rings. The summed E-state index contributed by atoms with van der Waals surface area (Å²) in [6, 6.07) is 9.17. The van der Waals surface area contributed by atoms with Crippen LogP contribution in [0.3, 0.4) is 0 Å². The molecule has 2 heterocycles. The third-order valence-corrected chi connectivity index (χ3v) is 7.95. The van der Waals surface area contributed by atoms with Gasteiger partial charge in [-0.15, -0.1) is 0 Å². The monoisotopic (exact) mass is 488 g/mol. The van der Waals surface area contributed by atoms with Crippen molar-refractivity contribution in [3.05, 3.63) is 46.9 Å². The zero-order valence-corrected chi connectivity index (χ0v) is 23.4. The van der Waals surface area contributed by atoms with Crippen molar-refractivity contribution in [1.82, 2.24) is 0 Å². The van der Waals surface area contributed by atoms with Gasteiger partial charge in [0.1, 0.15) is 23.0 Å². The normalized spacial score (nSPS) is 14.4. The Bertz CT molecular complexity index is 1000. The molecule has 196 valence electrons. The maximum atomic E-state index is 6.72. The lowest BCUT2D eigenvalue weighted by molar-refractivity contribution is 0.392. The Balaban J connectivity index is 1.79. The minimum absolute atomic E-state index is 1.03. The number of allylic oxidation sites excluding steroid dienone is 4. The van der Waals surface area contributed by atoms with Crippen LogP contribution in [0.1, 0.15) is 142 Å². The molecule has 0 unspecified atom stereocenters. The molecular formula is C34H48O2. The molecule has 0 spiro atoms. The van der Waals surface area contributed by atoms with Gasteiger partial charge in [-0.1, -0.05) is 91.2 Å². The van der Waals surface area contributed by atoms with Crippen LogP contribution < -0.4 is 9.47 Å². The summed E-state index contributed by atoms with van der Waals surface area (Å²) >= 11 is 0. The second-order valence-electron chi connectivity index (χ2n) is 10.8. The van der Waals surface area contributed by atoms with Gasteiger partial charge in [-0.3, -0.25) is 0 Å². The van der Waals surface area contributed by atoms with E-state index in [2.05, 4.69) is 52.0 Å². The van der Waals surface area contributed by atoms with E-state index in [0.29, 0.717) is 0 Å². The fraction of sp³-hybridized carbons (Fsp3) is 0.588. The fourth-order valence-corrected chi connectivity index (χ4v) is 5.92. The molecule has 36 heavy (non-hydrogen) atoms. The molecular weight excluding hydrogens is 440 g/mol. The van der Waals surface area contributed by atoms with Crippen molar-refractivity contribution in [2.75, 3.05) is 0 Å². The molecule has 2 aliphatic heterocycles. The third kappa shape index (κ3) is 5.84. The van der Waals surface area contributed by atoms with Crippen LogP contribution >= 0.6 is 0 Å². The Hall–Kier alpha value is -2.22. The summed E-state index contributed by atoms with van der Waals surface area (Å²) < 4.78 is 13.4. The van der Waals surface area contributed by atoms with Crippen molar-refractivity contribution in [1.29, 1.82) is 0 Å². The van der Waals surface area contributed by atoms with Crippen molar-refractivity contribution in [2.24, 2.45) is 0 Å². The van der Waals surface area contributed by atoms with Crippen LogP contribution in [0.4, 0.5) is 0 Å². The predicted octanol–water partition coefficient (Wildman–Crippen LogP) is 11.4. The number of benzene rings is 2. The van der Waals surface area contributed by atoms with Gasteiger partial charge in [0, 0.05) is 23.6 Å². The molecule has 2 aromatic carbocycles. The van der Waals surface area contributed by atoms with Crippen LogP contribution in [0.15, 0.2) is 35.8 Å². The molecule has 0 N–H and O–H groups in total. The second-order valence-corrected chi connectivity index (χ2v) is 10.8. The summed E-state index contributed by atoms with van der Waals surface area (Å²) in [7, 11) is 0. The molecule has 0 radical (unpaired) electrons. The van der Waals surface area contributed by atoms with E-state index in [1.165, 1.54) is 122 Å². The van der Waals surface area contributed by atoms with Crippen LogP contribution in [0.5, 0.6) is 11.5 Å². The first-order chi connectivity index (χ1) is 17.7. The van der Waals surface area contributed by atoms with Gasteiger partial charge in [-0.2, -0.15) is 0 Å². The first-order valence-corrected chi connectivity index (χ1v) is 15.1. The number of hydrogen-bond donors (Lipinski definition) is 0. The Morgan fingerprint density at radius 2 is 0.806 bits per heavy atom. The molecule has 0 atom stereocenters. The van der Waals surface area contributed by atoms with E-state index in [0.717, 1.165) is 37.2 Å². The quantitative estimate of drug-likeness (QED) is 0.219. The molecule has 2 aromatic rings. The summed E-state index contributed by atoms with van der Waals surface area (Å²) in [6.45, 7) is 9.13. The lowest BCUT2D eigenvalue weighted by atomic mass is 9.84. The highest BCUT2D eigenvalue weighted by molar-refractivity contribution is 6.09. The van der Waals surface area contributed by atoms with Gasteiger partial charge in [0.25, 0.3) is 0 Å². The van der Waals surface area contributed by atoms with Crippen molar-refractivity contribution in [3.63, 3.8) is 0 Å². The van der Waals surface area contributed by atoms with Gasteiger partial charge >= 0.3 is 0 Å². The lowest BCUT2D eigenvalue weighted by Gasteiger charge is -2.30. The number of ether oxygens (including phenoxy) is 2. The van der Waals surface area contributed by atoms with Crippen LogP contribution in [-0.2, 0) is 0 Å². The number of rotatable bonds is 16. The van der Waals surface area contributed by atoms with Gasteiger partial charge in [-0.25, -0.2) is 0 Å².